The highest BCUT2D eigenvalue weighted by molar-refractivity contribution is 5.32. The Morgan fingerprint density at radius 2 is 1.89 bits per heavy atom. The molecule has 0 bridgehead atoms. The first-order valence-corrected chi connectivity index (χ1v) is 7.75. The molecular formula is C17H27NO. The van der Waals surface area contributed by atoms with Crippen molar-refractivity contribution in [1.82, 2.24) is 5.32 Å². The van der Waals surface area contributed by atoms with Gasteiger partial charge in [0.2, 0.25) is 0 Å². The molecule has 0 heterocycles. The highest BCUT2D eigenvalue weighted by atomic mass is 16.5. The number of benzene rings is 1. The van der Waals surface area contributed by atoms with Crippen LogP contribution in [0.15, 0.2) is 18.2 Å². The van der Waals surface area contributed by atoms with Gasteiger partial charge >= 0.3 is 0 Å². The fourth-order valence-corrected chi connectivity index (χ4v) is 2.42. The molecule has 0 radical (unpaired) electrons. The second kappa shape index (κ2) is 7.66. The fraction of sp³-hybridized carbons (Fsp3) is 0.647. The molecular weight excluding hydrogens is 234 g/mol. The second-order valence-corrected chi connectivity index (χ2v) is 5.40. The summed E-state index contributed by atoms with van der Waals surface area (Å²) in [5, 5.41) is 3.46. The van der Waals surface area contributed by atoms with Crippen molar-refractivity contribution in [1.29, 1.82) is 0 Å². The lowest BCUT2D eigenvalue weighted by Gasteiger charge is -2.09. The molecule has 0 aliphatic heterocycles. The van der Waals surface area contributed by atoms with Crippen LogP contribution in [-0.2, 0) is 24.0 Å². The van der Waals surface area contributed by atoms with E-state index in [1.807, 2.05) is 0 Å². The third-order valence-corrected chi connectivity index (χ3v) is 3.82. The number of nitrogens with one attached hydrogen (secondary N) is 1. The minimum Gasteiger partial charge on any atom is -0.380 e. The Hall–Kier alpha value is -0.860. The normalized spacial score (nSPS) is 14.8. The van der Waals surface area contributed by atoms with E-state index in [0.29, 0.717) is 0 Å². The lowest BCUT2D eigenvalue weighted by molar-refractivity contribution is 0.138. The summed E-state index contributed by atoms with van der Waals surface area (Å²) < 4.78 is 5.68. The van der Waals surface area contributed by atoms with Crippen LogP contribution in [0.4, 0.5) is 0 Å². The molecule has 0 amide bonds. The van der Waals surface area contributed by atoms with Crippen LogP contribution in [-0.4, -0.2) is 25.8 Å². The Morgan fingerprint density at radius 3 is 2.58 bits per heavy atom. The molecule has 2 heteroatoms. The Kier molecular flexibility index (Phi) is 5.87. The van der Waals surface area contributed by atoms with Gasteiger partial charge in [-0.2, -0.15) is 0 Å². The van der Waals surface area contributed by atoms with E-state index in [4.69, 9.17) is 4.74 Å². The Morgan fingerprint density at radius 1 is 1.11 bits per heavy atom. The third-order valence-electron chi connectivity index (χ3n) is 3.82. The van der Waals surface area contributed by atoms with E-state index < -0.39 is 0 Å². The molecule has 1 aliphatic rings. The van der Waals surface area contributed by atoms with Gasteiger partial charge in [0.1, 0.15) is 0 Å². The maximum Gasteiger partial charge on any atom is 0.0591 e. The summed E-state index contributed by atoms with van der Waals surface area (Å²) in [6, 6.07) is 7.68. The monoisotopic (exact) mass is 261 g/mol. The molecule has 1 N–H and O–H groups in total. The molecule has 1 aromatic carbocycles. The molecule has 1 aliphatic carbocycles. The summed E-state index contributed by atoms with van der Waals surface area (Å²) >= 11 is 0. The summed E-state index contributed by atoms with van der Waals surface area (Å²) in [7, 11) is 0. The number of hydrogen-bond donors (Lipinski definition) is 1. The standard InChI is InChI=1S/C17H27NO/c1-3-15-6-5-14(13-16(15)4-2)9-11-19-12-10-18-17-7-8-17/h5-6,13,17-18H,3-4,7-12H2,1-2H3. The van der Waals surface area contributed by atoms with Crippen LogP contribution in [0.1, 0.15) is 43.4 Å². The predicted molar refractivity (Wildman–Crippen MR) is 80.7 cm³/mol. The zero-order valence-corrected chi connectivity index (χ0v) is 12.4. The van der Waals surface area contributed by atoms with Crippen molar-refractivity contribution in [3.63, 3.8) is 0 Å². The van der Waals surface area contributed by atoms with Crippen molar-refractivity contribution in [3.05, 3.63) is 34.9 Å². The summed E-state index contributed by atoms with van der Waals surface area (Å²) in [5.41, 5.74) is 4.39. The molecule has 1 fully saturated rings. The molecule has 0 spiro atoms. The van der Waals surface area contributed by atoms with E-state index in [-0.39, 0.29) is 0 Å². The number of aryl methyl sites for hydroxylation is 2. The molecule has 0 atom stereocenters. The van der Waals surface area contributed by atoms with Crippen LogP contribution in [0, 0.1) is 0 Å². The van der Waals surface area contributed by atoms with Crippen LogP contribution in [0.3, 0.4) is 0 Å². The molecule has 19 heavy (non-hydrogen) atoms. The first-order chi connectivity index (χ1) is 9.33. The number of hydrogen-bond acceptors (Lipinski definition) is 2. The summed E-state index contributed by atoms with van der Waals surface area (Å²) in [6.07, 6.45) is 5.99. The molecule has 106 valence electrons. The largest absolute Gasteiger partial charge is 0.380 e. The van der Waals surface area contributed by atoms with Crippen molar-refractivity contribution in [2.45, 2.75) is 52.0 Å². The van der Waals surface area contributed by atoms with Crippen LogP contribution >= 0.6 is 0 Å². The van der Waals surface area contributed by atoms with E-state index in [0.717, 1.165) is 45.1 Å². The van der Waals surface area contributed by atoms with Gasteiger partial charge in [-0.15, -0.1) is 0 Å². The Balaban J connectivity index is 1.66. The van der Waals surface area contributed by atoms with Gasteiger partial charge in [0.15, 0.2) is 0 Å². The zero-order valence-electron chi connectivity index (χ0n) is 12.4. The molecule has 1 saturated carbocycles. The average molecular weight is 261 g/mol. The Labute approximate surface area is 117 Å². The smallest absolute Gasteiger partial charge is 0.0591 e. The highest BCUT2D eigenvalue weighted by Gasteiger charge is 2.19. The van der Waals surface area contributed by atoms with Gasteiger partial charge in [-0.05, 0) is 48.8 Å². The first kappa shape index (κ1) is 14.5. The maximum absolute atomic E-state index is 5.68. The first-order valence-electron chi connectivity index (χ1n) is 7.75. The minimum absolute atomic E-state index is 0.789. The molecule has 2 rings (SSSR count). The van der Waals surface area contributed by atoms with Crippen LogP contribution in [0.2, 0.25) is 0 Å². The summed E-state index contributed by atoms with van der Waals surface area (Å²) in [6.45, 7) is 7.13. The van der Waals surface area contributed by atoms with Crippen molar-refractivity contribution < 1.29 is 4.74 Å². The predicted octanol–water partition coefficient (Wildman–Crippen LogP) is 3.12. The topological polar surface area (TPSA) is 21.3 Å². The molecule has 1 aromatic rings. The SMILES string of the molecule is CCc1ccc(CCOCCNC2CC2)cc1CC. The third kappa shape index (κ3) is 4.96. The van der Waals surface area contributed by atoms with Crippen LogP contribution in [0.25, 0.3) is 0 Å². The van der Waals surface area contributed by atoms with Crippen molar-refractivity contribution in [2.24, 2.45) is 0 Å². The second-order valence-electron chi connectivity index (χ2n) is 5.40. The van der Waals surface area contributed by atoms with Crippen molar-refractivity contribution in [2.75, 3.05) is 19.8 Å². The lowest BCUT2D eigenvalue weighted by atomic mass is 9.99. The number of rotatable bonds is 9. The summed E-state index contributed by atoms with van der Waals surface area (Å²) in [5.74, 6) is 0. The fourth-order valence-electron chi connectivity index (χ4n) is 2.42. The molecule has 2 nitrogen and oxygen atoms in total. The van der Waals surface area contributed by atoms with E-state index >= 15 is 0 Å². The van der Waals surface area contributed by atoms with Crippen LogP contribution in [0.5, 0.6) is 0 Å². The summed E-state index contributed by atoms with van der Waals surface area (Å²) in [4.78, 5) is 0. The quantitative estimate of drug-likeness (QED) is 0.690. The van der Waals surface area contributed by atoms with E-state index in [2.05, 4.69) is 37.4 Å². The van der Waals surface area contributed by atoms with Crippen molar-refractivity contribution in [3.8, 4) is 0 Å². The highest BCUT2D eigenvalue weighted by Crippen LogP contribution is 2.18. The van der Waals surface area contributed by atoms with E-state index in [9.17, 15) is 0 Å². The van der Waals surface area contributed by atoms with Gasteiger partial charge in [-0.3, -0.25) is 0 Å². The minimum atomic E-state index is 0.789. The lowest BCUT2D eigenvalue weighted by Crippen LogP contribution is -2.22. The van der Waals surface area contributed by atoms with Crippen molar-refractivity contribution >= 4 is 0 Å². The Bertz CT molecular complexity index is 385. The van der Waals surface area contributed by atoms with Gasteiger partial charge < -0.3 is 10.1 Å². The van der Waals surface area contributed by atoms with Gasteiger partial charge in [-0.25, -0.2) is 0 Å². The van der Waals surface area contributed by atoms with Gasteiger partial charge in [0.05, 0.1) is 13.2 Å². The maximum atomic E-state index is 5.68. The van der Waals surface area contributed by atoms with Crippen LogP contribution < -0.4 is 5.32 Å². The zero-order chi connectivity index (χ0) is 13.5. The molecule has 0 aromatic heterocycles. The van der Waals surface area contributed by atoms with Gasteiger partial charge in [0, 0.05) is 12.6 Å². The van der Waals surface area contributed by atoms with Gasteiger partial charge in [0.25, 0.3) is 0 Å². The van der Waals surface area contributed by atoms with E-state index in [1.54, 1.807) is 0 Å². The molecule has 0 saturated heterocycles. The molecule has 0 unspecified atom stereocenters. The van der Waals surface area contributed by atoms with Gasteiger partial charge in [-0.1, -0.05) is 32.0 Å². The number of ether oxygens (including phenoxy) is 1. The average Bonchev–Trinajstić information content (AvgIpc) is 3.26. The van der Waals surface area contributed by atoms with E-state index in [1.165, 1.54) is 29.5 Å².